The minimum Gasteiger partial charge on any atom is -0.351 e. The molecule has 1 aromatic carbocycles. The van der Waals surface area contributed by atoms with Crippen molar-refractivity contribution < 1.29 is 14.0 Å². The maximum Gasteiger partial charge on any atom is 0.227 e. The Morgan fingerprint density at radius 3 is 2.04 bits per heavy atom. The minimum absolute atomic E-state index is 0.0354. The summed E-state index contributed by atoms with van der Waals surface area (Å²) in [7, 11) is 0. The van der Waals surface area contributed by atoms with E-state index in [9.17, 15) is 14.0 Å². The molecular formula is C18H25FN2O2. The van der Waals surface area contributed by atoms with E-state index >= 15 is 0 Å². The molecule has 1 fully saturated rings. The first kappa shape index (κ1) is 17.4. The Morgan fingerprint density at radius 2 is 1.52 bits per heavy atom. The zero-order chi connectivity index (χ0) is 17.0. The van der Waals surface area contributed by atoms with Gasteiger partial charge in [0, 0.05) is 17.4 Å². The Morgan fingerprint density at radius 1 is 1.00 bits per heavy atom. The molecule has 2 rings (SSSR count). The first-order chi connectivity index (χ1) is 10.8. The van der Waals surface area contributed by atoms with Crippen molar-refractivity contribution in [2.24, 2.45) is 11.8 Å². The van der Waals surface area contributed by atoms with Gasteiger partial charge in [0.1, 0.15) is 5.82 Å². The molecule has 1 saturated carbocycles. The van der Waals surface area contributed by atoms with Crippen molar-refractivity contribution in [1.29, 1.82) is 0 Å². The van der Waals surface area contributed by atoms with E-state index in [1.807, 2.05) is 20.8 Å². The summed E-state index contributed by atoms with van der Waals surface area (Å²) in [6.07, 6.45) is 2.69. The van der Waals surface area contributed by atoms with Crippen LogP contribution in [0.4, 0.5) is 10.1 Å². The lowest BCUT2D eigenvalue weighted by Crippen LogP contribution is -2.45. The lowest BCUT2D eigenvalue weighted by Gasteiger charge is -2.30. The maximum atomic E-state index is 13.6. The van der Waals surface area contributed by atoms with Gasteiger partial charge in [-0.25, -0.2) is 4.39 Å². The summed E-state index contributed by atoms with van der Waals surface area (Å²) in [5, 5.41) is 5.64. The van der Waals surface area contributed by atoms with E-state index in [4.69, 9.17) is 0 Å². The number of carbonyl (C=O) groups is 2. The number of rotatable bonds is 3. The zero-order valence-electron chi connectivity index (χ0n) is 14.0. The number of hydrogen-bond donors (Lipinski definition) is 2. The largest absolute Gasteiger partial charge is 0.351 e. The van der Waals surface area contributed by atoms with Crippen LogP contribution in [0.25, 0.3) is 0 Å². The average molecular weight is 320 g/mol. The Hall–Kier alpha value is -1.91. The zero-order valence-corrected chi connectivity index (χ0v) is 14.0. The van der Waals surface area contributed by atoms with Crippen LogP contribution in [0.1, 0.15) is 46.5 Å². The van der Waals surface area contributed by atoms with E-state index in [0.717, 1.165) is 0 Å². The van der Waals surface area contributed by atoms with E-state index in [1.165, 1.54) is 6.07 Å². The van der Waals surface area contributed by atoms with Crippen molar-refractivity contribution in [1.82, 2.24) is 5.32 Å². The molecule has 0 bridgehead atoms. The molecule has 0 aliphatic heterocycles. The van der Waals surface area contributed by atoms with E-state index in [1.54, 1.807) is 18.2 Å². The van der Waals surface area contributed by atoms with Crippen LogP contribution >= 0.6 is 0 Å². The number of benzene rings is 1. The van der Waals surface area contributed by atoms with E-state index in [2.05, 4.69) is 10.6 Å². The van der Waals surface area contributed by atoms with Crippen LogP contribution in [-0.2, 0) is 9.59 Å². The Labute approximate surface area is 136 Å². The maximum absolute atomic E-state index is 13.6. The quantitative estimate of drug-likeness (QED) is 0.896. The highest BCUT2D eigenvalue weighted by Gasteiger charge is 2.31. The lowest BCUT2D eigenvalue weighted by molar-refractivity contribution is -0.129. The van der Waals surface area contributed by atoms with E-state index in [0.29, 0.717) is 25.7 Å². The van der Waals surface area contributed by atoms with Crippen LogP contribution in [0.5, 0.6) is 0 Å². The summed E-state index contributed by atoms with van der Waals surface area (Å²) in [5.74, 6) is -0.727. The van der Waals surface area contributed by atoms with Crippen molar-refractivity contribution in [2.45, 2.75) is 52.0 Å². The van der Waals surface area contributed by atoms with Crippen molar-refractivity contribution in [2.75, 3.05) is 5.32 Å². The number of amides is 2. The molecule has 0 radical (unpaired) electrons. The number of para-hydroxylation sites is 1. The van der Waals surface area contributed by atoms with E-state index in [-0.39, 0.29) is 34.9 Å². The Kier molecular flexibility index (Phi) is 5.39. The third-order valence-electron chi connectivity index (χ3n) is 4.10. The van der Waals surface area contributed by atoms with Gasteiger partial charge in [0.2, 0.25) is 11.8 Å². The molecule has 0 unspecified atom stereocenters. The molecule has 1 aliphatic rings. The van der Waals surface area contributed by atoms with Gasteiger partial charge in [-0.2, -0.15) is 0 Å². The molecule has 2 N–H and O–H groups in total. The molecule has 0 heterocycles. The third-order valence-corrected chi connectivity index (χ3v) is 4.10. The molecule has 0 spiro atoms. The van der Waals surface area contributed by atoms with Gasteiger partial charge in [-0.3, -0.25) is 9.59 Å². The smallest absolute Gasteiger partial charge is 0.227 e. The van der Waals surface area contributed by atoms with Gasteiger partial charge in [-0.15, -0.1) is 0 Å². The van der Waals surface area contributed by atoms with E-state index < -0.39 is 5.82 Å². The van der Waals surface area contributed by atoms with Crippen LogP contribution in [0.15, 0.2) is 24.3 Å². The second-order valence-electron chi connectivity index (χ2n) is 7.26. The number of anilines is 1. The lowest BCUT2D eigenvalue weighted by atomic mass is 9.81. The molecule has 4 nitrogen and oxygen atoms in total. The predicted molar refractivity (Wildman–Crippen MR) is 88.4 cm³/mol. The second kappa shape index (κ2) is 7.11. The van der Waals surface area contributed by atoms with Crippen molar-refractivity contribution in [3.8, 4) is 0 Å². The normalized spacial score (nSPS) is 21.6. The van der Waals surface area contributed by atoms with Gasteiger partial charge in [0.25, 0.3) is 0 Å². The average Bonchev–Trinajstić information content (AvgIpc) is 2.48. The molecule has 0 aromatic heterocycles. The molecular weight excluding hydrogens is 295 g/mol. The molecule has 0 saturated heterocycles. The fourth-order valence-electron chi connectivity index (χ4n) is 2.89. The summed E-state index contributed by atoms with van der Waals surface area (Å²) >= 11 is 0. The van der Waals surface area contributed by atoms with Crippen LogP contribution in [0.3, 0.4) is 0 Å². The number of carbonyl (C=O) groups excluding carboxylic acids is 2. The highest BCUT2D eigenvalue weighted by atomic mass is 19.1. The number of nitrogens with one attached hydrogen (secondary N) is 2. The summed E-state index contributed by atoms with van der Waals surface area (Å²) < 4.78 is 13.6. The Balaban J connectivity index is 1.85. The Bertz CT molecular complexity index is 573. The second-order valence-corrected chi connectivity index (χ2v) is 7.26. The molecule has 1 aromatic rings. The van der Waals surface area contributed by atoms with Gasteiger partial charge in [-0.1, -0.05) is 12.1 Å². The molecule has 0 atom stereocenters. The van der Waals surface area contributed by atoms with Crippen LogP contribution in [-0.4, -0.2) is 17.4 Å². The molecule has 5 heteroatoms. The van der Waals surface area contributed by atoms with Crippen molar-refractivity contribution in [3.63, 3.8) is 0 Å². The first-order valence-corrected chi connectivity index (χ1v) is 8.13. The van der Waals surface area contributed by atoms with Gasteiger partial charge in [0.15, 0.2) is 0 Å². The molecule has 126 valence electrons. The molecule has 23 heavy (non-hydrogen) atoms. The summed E-state index contributed by atoms with van der Waals surface area (Å²) in [5.41, 5.74) is -0.0269. The number of hydrogen-bond acceptors (Lipinski definition) is 2. The predicted octanol–water partition coefficient (Wildman–Crippen LogP) is 3.49. The fraction of sp³-hybridized carbons (Fsp3) is 0.556. The van der Waals surface area contributed by atoms with Gasteiger partial charge >= 0.3 is 0 Å². The highest BCUT2D eigenvalue weighted by Crippen LogP contribution is 2.30. The van der Waals surface area contributed by atoms with Gasteiger partial charge in [0.05, 0.1) is 5.69 Å². The minimum atomic E-state index is -0.431. The SMILES string of the molecule is CC(C)(C)NC(=O)C1CCC(C(=O)Nc2ccccc2F)CC1. The topological polar surface area (TPSA) is 58.2 Å². The summed E-state index contributed by atoms with van der Waals surface area (Å²) in [4.78, 5) is 24.4. The van der Waals surface area contributed by atoms with Crippen LogP contribution in [0.2, 0.25) is 0 Å². The third kappa shape index (κ3) is 5.05. The monoisotopic (exact) mass is 320 g/mol. The first-order valence-electron chi connectivity index (χ1n) is 8.13. The highest BCUT2D eigenvalue weighted by molar-refractivity contribution is 5.92. The van der Waals surface area contributed by atoms with Crippen molar-refractivity contribution in [3.05, 3.63) is 30.1 Å². The van der Waals surface area contributed by atoms with Crippen LogP contribution < -0.4 is 10.6 Å². The fourth-order valence-corrected chi connectivity index (χ4v) is 2.89. The molecule has 1 aliphatic carbocycles. The summed E-state index contributed by atoms with van der Waals surface area (Å²) in [6.45, 7) is 5.87. The van der Waals surface area contributed by atoms with Crippen LogP contribution in [0, 0.1) is 17.7 Å². The van der Waals surface area contributed by atoms with Crippen molar-refractivity contribution >= 4 is 17.5 Å². The van der Waals surface area contributed by atoms with Gasteiger partial charge < -0.3 is 10.6 Å². The molecule has 2 amide bonds. The number of halogens is 1. The van der Waals surface area contributed by atoms with Gasteiger partial charge in [-0.05, 0) is 58.6 Å². The summed E-state index contributed by atoms with van der Waals surface area (Å²) in [6, 6.07) is 6.15. The standard InChI is InChI=1S/C18H25FN2O2/c1-18(2,3)21-17(23)13-10-8-12(9-11-13)16(22)20-15-7-5-4-6-14(15)19/h4-7,12-13H,8-11H2,1-3H3,(H,20,22)(H,21,23).